The Morgan fingerprint density at radius 3 is 1.64 bits per heavy atom. The van der Waals surface area contributed by atoms with Crippen molar-refractivity contribution in [3.05, 3.63) is 109 Å². The van der Waals surface area contributed by atoms with Crippen LogP contribution in [-0.2, 0) is 12.6 Å². The second kappa shape index (κ2) is 8.50. The molecule has 0 aliphatic carbocycles. The molecule has 0 heterocycles. The van der Waals surface area contributed by atoms with Gasteiger partial charge in [0.05, 0.1) is 0 Å². The summed E-state index contributed by atoms with van der Waals surface area (Å²) in [7, 11) is 0. The maximum atomic E-state index is 5.91. The predicted molar refractivity (Wildman–Crippen MR) is 123 cm³/mol. The number of benzene rings is 4. The average Bonchev–Trinajstić information content (AvgIpc) is 2.79. The summed E-state index contributed by atoms with van der Waals surface area (Å²) in [5.41, 5.74) is 8.62. The van der Waals surface area contributed by atoms with Crippen molar-refractivity contribution in [2.45, 2.75) is 18.6 Å². The molecule has 0 fully saturated rings. The van der Waals surface area contributed by atoms with E-state index in [0.29, 0.717) is 0 Å². The van der Waals surface area contributed by atoms with Crippen LogP contribution in [0.2, 0.25) is 0 Å². The van der Waals surface area contributed by atoms with E-state index >= 15 is 0 Å². The zero-order valence-electron chi connectivity index (χ0n) is 16.0. The molecule has 0 radical (unpaired) electrons. The molecule has 138 valence electrons. The van der Waals surface area contributed by atoms with Crippen molar-refractivity contribution in [1.82, 2.24) is 0 Å². The van der Waals surface area contributed by atoms with E-state index in [9.17, 15) is 0 Å². The van der Waals surface area contributed by atoms with Crippen molar-refractivity contribution in [1.29, 1.82) is 0 Å². The van der Waals surface area contributed by atoms with Crippen LogP contribution in [0.15, 0.2) is 103 Å². The highest BCUT2D eigenvalue weighted by Gasteiger charge is 2.16. The monoisotopic (exact) mass is 379 g/mol. The van der Waals surface area contributed by atoms with Gasteiger partial charge in [-0.05, 0) is 39.4 Å². The molecule has 0 nitrogen and oxygen atoms in total. The molecule has 0 aliphatic rings. The van der Waals surface area contributed by atoms with Crippen LogP contribution < -0.4 is 0 Å². The van der Waals surface area contributed by atoms with Gasteiger partial charge in [-0.25, -0.2) is 0 Å². The number of rotatable bonds is 5. The van der Waals surface area contributed by atoms with Crippen LogP contribution in [-0.4, -0.2) is 0 Å². The Morgan fingerprint density at radius 2 is 1.11 bits per heavy atom. The smallest absolute Gasteiger partial charge is 0.00897 e. The van der Waals surface area contributed by atoms with Crippen LogP contribution in [0.4, 0.5) is 0 Å². The van der Waals surface area contributed by atoms with Crippen molar-refractivity contribution in [2.75, 3.05) is 0 Å². The molecule has 0 N–H and O–H groups in total. The van der Waals surface area contributed by atoms with Gasteiger partial charge in [0.25, 0.3) is 0 Å². The first-order valence-electron chi connectivity index (χ1n) is 9.78. The highest BCUT2D eigenvalue weighted by atomic mass is 32.1. The highest BCUT2D eigenvalue weighted by Crippen LogP contribution is 2.41. The Labute approximate surface area is 173 Å². The van der Waals surface area contributed by atoms with Gasteiger partial charge in [0.2, 0.25) is 0 Å². The van der Waals surface area contributed by atoms with Gasteiger partial charge in [-0.2, -0.15) is 0 Å². The highest BCUT2D eigenvalue weighted by molar-refractivity contribution is 7.59. The zero-order valence-corrected chi connectivity index (χ0v) is 16.8. The van der Waals surface area contributed by atoms with Crippen molar-refractivity contribution in [2.24, 2.45) is 0 Å². The third kappa shape index (κ3) is 3.76. The lowest BCUT2D eigenvalue weighted by Crippen LogP contribution is -2.00. The summed E-state index contributed by atoms with van der Waals surface area (Å²) >= 11 is 5.91. The SMILES string of the molecule is CC[C@@H]([S-])c1cc(-c2ccccc2)cc(-c2ccccc2)c1-c1ccccc1. The molecule has 1 heteroatoms. The summed E-state index contributed by atoms with van der Waals surface area (Å²) in [5, 5.41) is 0.0707. The molecule has 0 bridgehead atoms. The molecule has 28 heavy (non-hydrogen) atoms. The average molecular weight is 380 g/mol. The third-order valence-electron chi connectivity index (χ3n) is 5.14. The Morgan fingerprint density at radius 1 is 0.607 bits per heavy atom. The molecular formula is C27H23S-. The molecule has 1 atom stereocenters. The Bertz CT molecular complexity index is 1040. The van der Waals surface area contributed by atoms with Crippen LogP contribution in [0.3, 0.4) is 0 Å². The summed E-state index contributed by atoms with van der Waals surface area (Å²) in [5.74, 6) is 0. The fourth-order valence-corrected chi connectivity index (χ4v) is 3.89. The van der Waals surface area contributed by atoms with Crippen molar-refractivity contribution in [3.63, 3.8) is 0 Å². The largest absolute Gasteiger partial charge is 0.785 e. The van der Waals surface area contributed by atoms with Crippen molar-refractivity contribution >= 4 is 12.6 Å². The van der Waals surface area contributed by atoms with Crippen LogP contribution in [0.5, 0.6) is 0 Å². The van der Waals surface area contributed by atoms with Gasteiger partial charge in [0.1, 0.15) is 0 Å². The summed E-state index contributed by atoms with van der Waals surface area (Å²) in [6, 6.07) is 36.5. The standard InChI is InChI=1S/C27H24S/c1-2-26(28)25-19-23(20-12-6-3-7-13-20)18-24(21-14-8-4-9-15-21)27(25)22-16-10-5-11-17-22/h3-19,26,28H,2H2,1H3/p-1/t26-/m1/s1. The molecule has 4 rings (SSSR count). The molecule has 0 aromatic heterocycles. The maximum Gasteiger partial charge on any atom is -0.00897 e. The third-order valence-corrected chi connectivity index (χ3v) is 5.73. The molecule has 0 unspecified atom stereocenters. The summed E-state index contributed by atoms with van der Waals surface area (Å²) in [4.78, 5) is 0. The van der Waals surface area contributed by atoms with E-state index in [1.807, 2.05) is 0 Å². The molecular weight excluding hydrogens is 356 g/mol. The van der Waals surface area contributed by atoms with Crippen LogP contribution >= 0.6 is 0 Å². The van der Waals surface area contributed by atoms with Gasteiger partial charge in [0, 0.05) is 0 Å². The van der Waals surface area contributed by atoms with E-state index in [0.717, 1.165) is 6.42 Å². The lowest BCUT2D eigenvalue weighted by atomic mass is 9.85. The van der Waals surface area contributed by atoms with Gasteiger partial charge in [-0.1, -0.05) is 116 Å². The van der Waals surface area contributed by atoms with E-state index < -0.39 is 0 Å². The van der Waals surface area contributed by atoms with Crippen LogP contribution in [0.1, 0.15) is 24.2 Å². The van der Waals surface area contributed by atoms with E-state index in [1.54, 1.807) is 0 Å². The van der Waals surface area contributed by atoms with Crippen molar-refractivity contribution < 1.29 is 0 Å². The Hall–Kier alpha value is -2.77. The first-order valence-corrected chi connectivity index (χ1v) is 10.2. The summed E-state index contributed by atoms with van der Waals surface area (Å²) in [6.07, 6.45) is 0.932. The molecule has 0 amide bonds. The van der Waals surface area contributed by atoms with Gasteiger partial charge in [-0.15, -0.1) is 5.25 Å². The molecule has 0 saturated heterocycles. The van der Waals surface area contributed by atoms with E-state index in [4.69, 9.17) is 12.6 Å². The van der Waals surface area contributed by atoms with Crippen LogP contribution in [0, 0.1) is 0 Å². The molecule has 4 aromatic rings. The summed E-state index contributed by atoms with van der Waals surface area (Å²) in [6.45, 7) is 2.17. The van der Waals surface area contributed by atoms with Gasteiger partial charge in [-0.3, -0.25) is 0 Å². The topological polar surface area (TPSA) is 0 Å². The Kier molecular flexibility index (Phi) is 5.64. The lowest BCUT2D eigenvalue weighted by Gasteiger charge is -2.28. The van der Waals surface area contributed by atoms with Gasteiger partial charge >= 0.3 is 0 Å². The fourth-order valence-electron chi connectivity index (χ4n) is 3.71. The zero-order chi connectivity index (χ0) is 19.3. The predicted octanol–water partition coefficient (Wildman–Crippen LogP) is 7.69. The molecule has 4 aromatic carbocycles. The van der Waals surface area contributed by atoms with E-state index in [2.05, 4.69) is 110 Å². The second-order valence-corrected chi connectivity index (χ2v) is 7.55. The summed E-state index contributed by atoms with van der Waals surface area (Å²) < 4.78 is 0. The normalized spacial score (nSPS) is 11.9. The number of hydrogen-bond donors (Lipinski definition) is 0. The molecule has 0 saturated carbocycles. The van der Waals surface area contributed by atoms with E-state index in [1.165, 1.54) is 38.9 Å². The minimum absolute atomic E-state index is 0.0707. The minimum Gasteiger partial charge on any atom is -0.785 e. The van der Waals surface area contributed by atoms with Crippen LogP contribution in [0.25, 0.3) is 33.4 Å². The minimum atomic E-state index is 0.0707. The van der Waals surface area contributed by atoms with E-state index in [-0.39, 0.29) is 5.25 Å². The second-order valence-electron chi connectivity index (χ2n) is 6.98. The maximum absolute atomic E-state index is 5.91. The Balaban J connectivity index is 2.05. The molecule has 0 spiro atoms. The lowest BCUT2D eigenvalue weighted by molar-refractivity contribution is 0.903. The number of hydrogen-bond acceptors (Lipinski definition) is 1. The molecule has 0 aliphatic heterocycles. The first-order chi connectivity index (χ1) is 13.8. The van der Waals surface area contributed by atoms with Gasteiger partial charge < -0.3 is 12.6 Å². The van der Waals surface area contributed by atoms with Gasteiger partial charge in [0.15, 0.2) is 0 Å². The van der Waals surface area contributed by atoms with Crippen molar-refractivity contribution in [3.8, 4) is 33.4 Å². The first kappa shape index (κ1) is 18.6. The fraction of sp³-hybridized carbons (Fsp3) is 0.111. The quantitative estimate of drug-likeness (QED) is 0.320.